The van der Waals surface area contributed by atoms with Crippen LogP contribution in [0.25, 0.3) is 0 Å². The van der Waals surface area contributed by atoms with Gasteiger partial charge in [0.1, 0.15) is 11.9 Å². The number of hydrogen-bond donors (Lipinski definition) is 2. The van der Waals surface area contributed by atoms with Crippen molar-refractivity contribution in [3.05, 3.63) is 17.8 Å². The molecule has 168 valence electrons. The third-order valence-electron chi connectivity index (χ3n) is 4.92. The molecule has 2 fully saturated rings. The summed E-state index contributed by atoms with van der Waals surface area (Å²) in [6, 6.07) is 1.72. The summed E-state index contributed by atoms with van der Waals surface area (Å²) >= 11 is 1.86. The second-order valence-corrected chi connectivity index (χ2v) is 9.28. The summed E-state index contributed by atoms with van der Waals surface area (Å²) < 4.78 is 23.4. The summed E-state index contributed by atoms with van der Waals surface area (Å²) in [6.07, 6.45) is 4.79. The quantitative estimate of drug-likeness (QED) is 0.175. The molecular formula is C19H24FIN6O4. The number of anilines is 1. The van der Waals surface area contributed by atoms with E-state index in [1.54, 1.807) is 6.07 Å². The highest BCUT2D eigenvalue weighted by molar-refractivity contribution is 14.1. The number of ether oxygens (including phenoxy) is 2. The van der Waals surface area contributed by atoms with Gasteiger partial charge in [0.05, 0.1) is 25.9 Å². The van der Waals surface area contributed by atoms with Crippen LogP contribution in [0.1, 0.15) is 25.7 Å². The highest BCUT2D eigenvalue weighted by atomic mass is 127. The van der Waals surface area contributed by atoms with Crippen LogP contribution in [0.2, 0.25) is 0 Å². The monoisotopic (exact) mass is 546 g/mol. The van der Waals surface area contributed by atoms with Gasteiger partial charge in [0.2, 0.25) is 5.88 Å². The van der Waals surface area contributed by atoms with Gasteiger partial charge in [-0.3, -0.25) is 4.79 Å². The fraction of sp³-hybridized carbons (Fsp3) is 0.526. The summed E-state index contributed by atoms with van der Waals surface area (Å²) in [6.45, 7) is 0.765. The van der Waals surface area contributed by atoms with Gasteiger partial charge in [-0.1, -0.05) is 0 Å². The number of aliphatic imine (C=N–C) groups is 1. The Morgan fingerprint density at radius 1 is 1.42 bits per heavy atom. The number of nitrogens with zero attached hydrogens (tertiary/aromatic N) is 4. The Labute approximate surface area is 192 Å². The molecule has 1 saturated heterocycles. The average Bonchev–Trinajstić information content (AvgIpc) is 2.71. The molecule has 0 aromatic carbocycles. The van der Waals surface area contributed by atoms with E-state index in [1.165, 1.54) is 24.3 Å². The van der Waals surface area contributed by atoms with E-state index < -0.39 is 9.77 Å². The van der Waals surface area contributed by atoms with E-state index in [-0.39, 0.29) is 29.7 Å². The lowest BCUT2D eigenvalue weighted by atomic mass is 9.94. The molecule has 12 heteroatoms. The highest BCUT2D eigenvalue weighted by Crippen LogP contribution is 2.38. The third-order valence-corrected chi connectivity index (χ3v) is 6.00. The van der Waals surface area contributed by atoms with Crippen molar-refractivity contribution < 1.29 is 23.5 Å². The molecule has 0 bridgehead atoms. The average molecular weight is 546 g/mol. The second kappa shape index (κ2) is 10.2. The summed E-state index contributed by atoms with van der Waals surface area (Å²) in [5.74, 6) is 0.901. The van der Waals surface area contributed by atoms with E-state index in [4.69, 9.17) is 10.5 Å². The number of amides is 1. The van der Waals surface area contributed by atoms with Crippen LogP contribution in [0, 0.1) is 0 Å². The molecule has 2 aliphatic rings. The van der Waals surface area contributed by atoms with Gasteiger partial charge < -0.3 is 25.4 Å². The number of alkyl halides is 2. The molecule has 0 radical (unpaired) electrons. The number of hydrogen-bond acceptors (Lipinski definition) is 9. The van der Waals surface area contributed by atoms with Crippen molar-refractivity contribution in [3.63, 3.8) is 0 Å². The van der Waals surface area contributed by atoms with E-state index >= 15 is 0 Å². The maximum Gasteiger partial charge on any atom is 0.409 e. The van der Waals surface area contributed by atoms with Crippen molar-refractivity contribution >= 4 is 53.0 Å². The predicted octanol–water partition coefficient (Wildman–Crippen LogP) is 2.51. The van der Waals surface area contributed by atoms with Gasteiger partial charge in [0.25, 0.3) is 5.95 Å². The van der Waals surface area contributed by atoms with Gasteiger partial charge >= 0.3 is 6.09 Å². The van der Waals surface area contributed by atoms with Crippen LogP contribution in [0.3, 0.4) is 0 Å². The Kier molecular flexibility index (Phi) is 7.62. The van der Waals surface area contributed by atoms with Crippen LogP contribution in [0.15, 0.2) is 22.8 Å². The number of carbonyl (C=O) groups is 2. The number of allylic oxidation sites excluding steroid dienone is 2. The first-order chi connectivity index (χ1) is 14.8. The fourth-order valence-electron chi connectivity index (χ4n) is 3.19. The molecule has 0 spiro atoms. The van der Waals surface area contributed by atoms with E-state index in [2.05, 4.69) is 25.0 Å². The topological polar surface area (TPSA) is 132 Å². The molecule has 1 amide bonds. The van der Waals surface area contributed by atoms with Gasteiger partial charge in [-0.25, -0.2) is 14.2 Å². The lowest BCUT2D eigenvalue weighted by molar-refractivity contribution is -0.104. The minimum Gasteiger partial charge on any atom is -0.470 e. The fourth-order valence-corrected chi connectivity index (χ4v) is 3.81. The van der Waals surface area contributed by atoms with Gasteiger partial charge in [-0.15, -0.1) is 0 Å². The standard InChI is InChI=1S/C19H24FIN6O4/c1-30-18(29)27-9-14(10-27)31-16-8-15(24-13-2-5-19(20,21)6-3-13)25-17(26-16)23-7-4-12(22)11-28/h4,7-8,11,13-14H,2-3,5-6,9-10,22H2,1H3,(H,24,25,26). The second-order valence-electron chi connectivity index (χ2n) is 7.34. The van der Waals surface area contributed by atoms with Crippen LogP contribution >= 0.6 is 22.6 Å². The zero-order valence-corrected chi connectivity index (χ0v) is 19.1. The summed E-state index contributed by atoms with van der Waals surface area (Å²) in [5.41, 5.74) is 5.45. The van der Waals surface area contributed by atoms with Crippen LogP contribution in [0.4, 0.5) is 21.0 Å². The molecular weight excluding hydrogens is 522 g/mol. The van der Waals surface area contributed by atoms with Gasteiger partial charge in [-0.05, 0) is 54.4 Å². The number of likely N-dealkylation sites (tertiary alicyclic amines) is 1. The van der Waals surface area contributed by atoms with Gasteiger partial charge in [0.15, 0.2) is 9.96 Å². The summed E-state index contributed by atoms with van der Waals surface area (Å²) in [5, 5.41) is 3.30. The van der Waals surface area contributed by atoms with Crippen molar-refractivity contribution in [3.8, 4) is 5.88 Å². The number of aldehydes is 1. The molecule has 0 atom stereocenters. The zero-order valence-electron chi connectivity index (χ0n) is 17.0. The van der Waals surface area contributed by atoms with E-state index in [0.29, 0.717) is 50.9 Å². The Bertz CT molecular complexity index is 865. The Morgan fingerprint density at radius 2 is 2.13 bits per heavy atom. The van der Waals surface area contributed by atoms with Crippen molar-refractivity contribution in [1.29, 1.82) is 0 Å². The maximum atomic E-state index is 14.1. The lowest BCUT2D eigenvalue weighted by Crippen LogP contribution is -2.56. The lowest BCUT2D eigenvalue weighted by Gasteiger charge is -2.37. The minimum atomic E-state index is -1.16. The third kappa shape index (κ3) is 6.74. The minimum absolute atomic E-state index is 0.0163. The SMILES string of the molecule is COC(=O)N1CC(Oc2cc(NC3CCC(F)(I)CC3)nc(N=CC=C(N)C=O)n2)C1. The van der Waals surface area contributed by atoms with E-state index in [1.807, 2.05) is 22.6 Å². The first kappa shape index (κ1) is 23.2. The number of nitrogens with one attached hydrogen (secondary N) is 1. The van der Waals surface area contributed by atoms with Crippen molar-refractivity contribution in [2.75, 3.05) is 25.5 Å². The number of carbonyl (C=O) groups excluding carboxylic acids is 2. The van der Waals surface area contributed by atoms with Crippen LogP contribution in [0.5, 0.6) is 5.88 Å². The van der Waals surface area contributed by atoms with E-state index in [9.17, 15) is 14.0 Å². The summed E-state index contributed by atoms with van der Waals surface area (Å²) in [7, 11) is 1.32. The highest BCUT2D eigenvalue weighted by Gasteiger charge is 2.34. The molecule has 3 N–H and O–H groups in total. The normalized spacial score (nSPS) is 24.5. The predicted molar refractivity (Wildman–Crippen MR) is 121 cm³/mol. The molecule has 1 aromatic rings. The summed E-state index contributed by atoms with van der Waals surface area (Å²) in [4.78, 5) is 36.3. The molecule has 0 unspecified atom stereocenters. The molecule has 2 heterocycles. The first-order valence-corrected chi connectivity index (χ1v) is 10.8. The van der Waals surface area contributed by atoms with E-state index in [0.717, 1.165) is 0 Å². The largest absolute Gasteiger partial charge is 0.470 e. The van der Waals surface area contributed by atoms with Crippen LogP contribution in [-0.4, -0.2) is 69.5 Å². The molecule has 1 aliphatic carbocycles. The number of nitrogens with two attached hydrogens (primary N) is 1. The molecule has 10 nitrogen and oxygen atoms in total. The number of halogens is 2. The zero-order chi connectivity index (χ0) is 22.4. The molecule has 1 aliphatic heterocycles. The molecule has 1 aromatic heterocycles. The Morgan fingerprint density at radius 3 is 2.77 bits per heavy atom. The Balaban J connectivity index is 1.71. The Hall–Kier alpha value is -2.51. The van der Waals surface area contributed by atoms with Crippen molar-refractivity contribution in [1.82, 2.24) is 14.9 Å². The molecule has 1 saturated carbocycles. The number of methoxy groups -OCH3 is 1. The van der Waals surface area contributed by atoms with Gasteiger partial charge in [0, 0.05) is 18.3 Å². The van der Waals surface area contributed by atoms with Crippen molar-refractivity contribution in [2.45, 2.75) is 41.5 Å². The number of rotatable bonds is 7. The molecule has 31 heavy (non-hydrogen) atoms. The smallest absolute Gasteiger partial charge is 0.409 e. The maximum absolute atomic E-state index is 14.1. The first-order valence-electron chi connectivity index (χ1n) is 9.76. The van der Waals surface area contributed by atoms with Crippen LogP contribution in [-0.2, 0) is 9.53 Å². The molecule has 3 rings (SSSR count). The van der Waals surface area contributed by atoms with Gasteiger partial charge in [-0.2, -0.15) is 9.97 Å². The van der Waals surface area contributed by atoms with Crippen LogP contribution < -0.4 is 15.8 Å². The number of aromatic nitrogens is 2. The van der Waals surface area contributed by atoms with Crippen molar-refractivity contribution in [2.24, 2.45) is 10.7 Å².